The van der Waals surface area contributed by atoms with Crippen LogP contribution in [0.1, 0.15) is 68.0 Å². The zero-order valence-electron chi connectivity index (χ0n) is 19.7. The maximum absolute atomic E-state index is 12.3. The van der Waals surface area contributed by atoms with Crippen LogP contribution in [0.4, 0.5) is 11.4 Å². The molecule has 7 nitrogen and oxygen atoms in total. The molecule has 1 saturated heterocycles. The fraction of sp³-hybridized carbons (Fsp3) is 0.519. The molecule has 184 valence electrons. The number of hydrogen-bond acceptors (Lipinski definition) is 6. The second kappa shape index (κ2) is 9.03. The van der Waals surface area contributed by atoms with Crippen molar-refractivity contribution < 1.29 is 17.9 Å². The number of nitrogens with zero attached hydrogens (tertiary/aromatic N) is 2. The molecule has 6 rings (SSSR count). The number of sulfonamides is 1. The molecule has 2 aromatic carbocycles. The van der Waals surface area contributed by atoms with Crippen molar-refractivity contribution in [2.24, 2.45) is 0 Å². The molecule has 3 fully saturated rings. The minimum absolute atomic E-state index is 0.109. The first kappa shape index (κ1) is 22.7. The summed E-state index contributed by atoms with van der Waals surface area (Å²) >= 11 is 0. The molecule has 2 aliphatic carbocycles. The van der Waals surface area contributed by atoms with E-state index >= 15 is 0 Å². The fourth-order valence-corrected chi connectivity index (χ4v) is 6.89. The largest absolute Gasteiger partial charge is 0.491 e. The Morgan fingerprint density at radius 1 is 1.06 bits per heavy atom. The van der Waals surface area contributed by atoms with E-state index in [1.807, 2.05) is 36.4 Å². The normalized spacial score (nSPS) is 26.1. The standard InChI is InChI=1S/C27H31N3O4S/c28-16-25-24-13-10-21(34-17-22-5-2-14-33-22)15-26(24)30(20-3-1-4-20)27(25)18-6-8-19(9-7-18)29-35(31,32)23-11-12-23/h6-10,13,15,20,22-23,25,27,29H,1-5,11-12,14,17H2. The molecule has 0 amide bonds. The van der Waals surface area contributed by atoms with Gasteiger partial charge in [-0.2, -0.15) is 5.26 Å². The summed E-state index contributed by atoms with van der Waals surface area (Å²) in [6.07, 6.45) is 7.13. The molecule has 2 saturated carbocycles. The molecule has 2 aliphatic heterocycles. The van der Waals surface area contributed by atoms with Crippen molar-refractivity contribution >= 4 is 21.4 Å². The van der Waals surface area contributed by atoms with Gasteiger partial charge in [-0.25, -0.2) is 8.42 Å². The Morgan fingerprint density at radius 2 is 1.86 bits per heavy atom. The lowest BCUT2D eigenvalue weighted by Crippen LogP contribution is -2.41. The molecule has 3 unspecified atom stereocenters. The Balaban J connectivity index is 1.27. The van der Waals surface area contributed by atoms with Gasteiger partial charge < -0.3 is 14.4 Å². The molecule has 0 aromatic heterocycles. The molecule has 2 heterocycles. The molecule has 4 aliphatic rings. The number of benzene rings is 2. The van der Waals surface area contributed by atoms with Gasteiger partial charge in [0.2, 0.25) is 10.0 Å². The van der Waals surface area contributed by atoms with Gasteiger partial charge in [0, 0.05) is 30.1 Å². The highest BCUT2D eigenvalue weighted by atomic mass is 32.2. The van der Waals surface area contributed by atoms with Crippen LogP contribution in [0, 0.1) is 11.3 Å². The highest BCUT2D eigenvalue weighted by Crippen LogP contribution is 2.53. The van der Waals surface area contributed by atoms with Gasteiger partial charge in [-0.05, 0) is 74.3 Å². The van der Waals surface area contributed by atoms with E-state index in [1.54, 1.807) is 0 Å². The Labute approximate surface area is 207 Å². The van der Waals surface area contributed by atoms with E-state index in [1.165, 1.54) is 6.42 Å². The van der Waals surface area contributed by atoms with Gasteiger partial charge in [-0.15, -0.1) is 0 Å². The van der Waals surface area contributed by atoms with Gasteiger partial charge in [0.15, 0.2) is 0 Å². The summed E-state index contributed by atoms with van der Waals surface area (Å²) < 4.78 is 39.1. The van der Waals surface area contributed by atoms with Crippen molar-refractivity contribution in [3.05, 3.63) is 53.6 Å². The van der Waals surface area contributed by atoms with Crippen molar-refractivity contribution in [2.45, 2.75) is 74.3 Å². The van der Waals surface area contributed by atoms with Crippen molar-refractivity contribution in [1.29, 1.82) is 5.26 Å². The number of nitriles is 1. The summed E-state index contributed by atoms with van der Waals surface area (Å²) in [6, 6.07) is 16.5. The zero-order valence-corrected chi connectivity index (χ0v) is 20.5. The van der Waals surface area contributed by atoms with Gasteiger partial charge in [0.1, 0.15) is 12.4 Å². The smallest absolute Gasteiger partial charge is 0.235 e. The average molecular weight is 494 g/mol. The Kier molecular flexibility index (Phi) is 5.85. The van der Waals surface area contributed by atoms with E-state index < -0.39 is 10.0 Å². The molecular weight excluding hydrogens is 462 g/mol. The third-order valence-corrected chi connectivity index (χ3v) is 9.64. The molecule has 8 heteroatoms. The highest BCUT2D eigenvalue weighted by Gasteiger charge is 2.44. The van der Waals surface area contributed by atoms with E-state index in [-0.39, 0.29) is 23.3 Å². The first-order valence-corrected chi connectivity index (χ1v) is 14.3. The first-order valence-electron chi connectivity index (χ1n) is 12.7. The predicted molar refractivity (Wildman–Crippen MR) is 134 cm³/mol. The quantitative estimate of drug-likeness (QED) is 0.564. The van der Waals surface area contributed by atoms with E-state index in [4.69, 9.17) is 9.47 Å². The minimum atomic E-state index is -3.30. The van der Waals surface area contributed by atoms with Crippen molar-refractivity contribution in [3.8, 4) is 11.8 Å². The predicted octanol–water partition coefficient (Wildman–Crippen LogP) is 4.87. The van der Waals surface area contributed by atoms with Crippen LogP contribution < -0.4 is 14.4 Å². The lowest BCUT2D eigenvalue weighted by Gasteiger charge is -2.41. The monoisotopic (exact) mass is 493 g/mol. The van der Waals surface area contributed by atoms with E-state index in [9.17, 15) is 13.7 Å². The number of rotatable bonds is 8. The summed E-state index contributed by atoms with van der Waals surface area (Å²) in [5, 5.41) is 9.95. The number of nitrogens with one attached hydrogen (secondary N) is 1. The molecule has 2 aromatic rings. The average Bonchev–Trinajstić information content (AvgIpc) is 3.48. The number of anilines is 2. The summed E-state index contributed by atoms with van der Waals surface area (Å²) in [5.41, 5.74) is 3.71. The van der Waals surface area contributed by atoms with Crippen LogP contribution in [0.3, 0.4) is 0 Å². The van der Waals surface area contributed by atoms with Gasteiger partial charge >= 0.3 is 0 Å². The first-order chi connectivity index (χ1) is 17.0. The Bertz CT molecular complexity index is 1230. The fourth-order valence-electron chi connectivity index (χ4n) is 5.50. The summed E-state index contributed by atoms with van der Waals surface area (Å²) in [5.74, 6) is 0.512. The second-order valence-electron chi connectivity index (χ2n) is 10.2. The lowest BCUT2D eigenvalue weighted by atomic mass is 9.87. The lowest BCUT2D eigenvalue weighted by molar-refractivity contribution is 0.0679. The molecule has 0 bridgehead atoms. The van der Waals surface area contributed by atoms with Crippen molar-refractivity contribution in [1.82, 2.24) is 0 Å². The van der Waals surface area contributed by atoms with E-state index in [2.05, 4.69) is 21.8 Å². The minimum Gasteiger partial charge on any atom is -0.491 e. The number of fused-ring (bicyclic) bond motifs is 1. The van der Waals surface area contributed by atoms with Crippen LogP contribution in [0.25, 0.3) is 0 Å². The molecule has 0 spiro atoms. The SMILES string of the molecule is N#CC1c2ccc(OCC3CCCO3)cc2N(C2CCC2)C1c1ccc(NS(=O)(=O)C2CC2)cc1. The Hall–Kier alpha value is -2.76. The van der Waals surface area contributed by atoms with Gasteiger partial charge in [0.05, 0.1) is 29.4 Å². The molecular formula is C27H31N3O4S. The van der Waals surface area contributed by atoms with Crippen molar-refractivity contribution in [3.63, 3.8) is 0 Å². The topological polar surface area (TPSA) is 91.7 Å². The van der Waals surface area contributed by atoms with Crippen LogP contribution in [-0.2, 0) is 14.8 Å². The third kappa shape index (κ3) is 4.36. The number of hydrogen-bond donors (Lipinski definition) is 1. The summed E-state index contributed by atoms with van der Waals surface area (Å²) in [6.45, 7) is 1.35. The molecule has 1 N–H and O–H groups in total. The molecule has 35 heavy (non-hydrogen) atoms. The molecule has 0 radical (unpaired) electrons. The summed E-state index contributed by atoms with van der Waals surface area (Å²) in [7, 11) is -3.30. The summed E-state index contributed by atoms with van der Waals surface area (Å²) in [4.78, 5) is 2.41. The maximum Gasteiger partial charge on any atom is 0.235 e. The van der Waals surface area contributed by atoms with Crippen LogP contribution >= 0.6 is 0 Å². The highest BCUT2D eigenvalue weighted by molar-refractivity contribution is 7.93. The van der Waals surface area contributed by atoms with Gasteiger partial charge in [0.25, 0.3) is 0 Å². The van der Waals surface area contributed by atoms with Crippen LogP contribution in [0.5, 0.6) is 5.75 Å². The van der Waals surface area contributed by atoms with Gasteiger partial charge in [-0.1, -0.05) is 18.2 Å². The van der Waals surface area contributed by atoms with Gasteiger partial charge in [-0.3, -0.25) is 4.72 Å². The number of ether oxygens (including phenoxy) is 2. The van der Waals surface area contributed by atoms with Crippen molar-refractivity contribution in [2.75, 3.05) is 22.8 Å². The van der Waals surface area contributed by atoms with Crippen LogP contribution in [-0.4, -0.2) is 39.0 Å². The molecule has 3 atom stereocenters. The third-order valence-electron chi connectivity index (χ3n) is 7.77. The van der Waals surface area contributed by atoms with Crippen LogP contribution in [0.2, 0.25) is 0 Å². The Morgan fingerprint density at radius 3 is 2.49 bits per heavy atom. The van der Waals surface area contributed by atoms with E-state index in [0.29, 0.717) is 18.3 Å². The van der Waals surface area contributed by atoms with Crippen LogP contribution in [0.15, 0.2) is 42.5 Å². The van der Waals surface area contributed by atoms with E-state index in [0.717, 1.165) is 67.7 Å². The second-order valence-corrected chi connectivity index (χ2v) is 12.1. The maximum atomic E-state index is 12.3. The zero-order chi connectivity index (χ0) is 24.0.